The van der Waals surface area contributed by atoms with Gasteiger partial charge in [0.05, 0.1) is 0 Å². The lowest BCUT2D eigenvalue weighted by Crippen LogP contribution is -2.18. The van der Waals surface area contributed by atoms with Crippen molar-refractivity contribution in [2.24, 2.45) is 0 Å². The topological polar surface area (TPSA) is 32.3 Å². The minimum absolute atomic E-state index is 0.308. The zero-order chi connectivity index (χ0) is 12.5. The molecular formula is C14H23NOS. The summed E-state index contributed by atoms with van der Waals surface area (Å²) in [5.41, 5.74) is 4.16. The Balaban J connectivity index is 2.18. The van der Waals surface area contributed by atoms with Gasteiger partial charge in [-0.15, -0.1) is 0 Å². The van der Waals surface area contributed by atoms with Crippen LogP contribution in [0.1, 0.15) is 23.1 Å². The highest BCUT2D eigenvalue weighted by Crippen LogP contribution is 2.12. The van der Waals surface area contributed by atoms with Crippen LogP contribution in [0, 0.1) is 13.8 Å². The van der Waals surface area contributed by atoms with E-state index in [4.69, 9.17) is 5.11 Å². The minimum Gasteiger partial charge on any atom is -0.396 e. The van der Waals surface area contributed by atoms with Crippen LogP contribution in [-0.4, -0.2) is 29.8 Å². The number of hydrogen-bond acceptors (Lipinski definition) is 3. The molecule has 0 saturated carbocycles. The Morgan fingerprint density at radius 1 is 1.18 bits per heavy atom. The van der Waals surface area contributed by atoms with Crippen molar-refractivity contribution in [3.63, 3.8) is 0 Å². The smallest absolute Gasteiger partial charge is 0.0438 e. The Bertz CT molecular complexity index is 308. The fourth-order valence-electron chi connectivity index (χ4n) is 1.75. The lowest BCUT2D eigenvalue weighted by atomic mass is 10.0. The van der Waals surface area contributed by atoms with E-state index in [-0.39, 0.29) is 0 Å². The van der Waals surface area contributed by atoms with E-state index in [0.717, 1.165) is 31.0 Å². The van der Waals surface area contributed by atoms with Gasteiger partial charge in [0, 0.05) is 25.4 Å². The molecule has 0 aromatic heterocycles. The Hall–Kier alpha value is -0.510. The van der Waals surface area contributed by atoms with Crippen molar-refractivity contribution in [3.8, 4) is 0 Å². The van der Waals surface area contributed by atoms with Gasteiger partial charge in [-0.3, -0.25) is 0 Å². The molecule has 0 fully saturated rings. The standard InChI is InChI=1S/C14H23NOS/c1-12-5-3-6-13(2)14(12)11-15-7-10-17-9-4-8-16/h3,5-6,15-16H,4,7-11H2,1-2H3. The quantitative estimate of drug-likeness (QED) is 0.698. The third-order valence-corrected chi connectivity index (χ3v) is 3.89. The Kier molecular flexibility index (Phi) is 7.33. The van der Waals surface area contributed by atoms with Gasteiger partial charge in [-0.25, -0.2) is 0 Å². The second kappa shape index (κ2) is 8.56. The van der Waals surface area contributed by atoms with E-state index in [2.05, 4.69) is 37.4 Å². The zero-order valence-corrected chi connectivity index (χ0v) is 11.6. The number of aryl methyl sites for hydroxylation is 2. The number of hydrogen-bond donors (Lipinski definition) is 2. The first-order valence-electron chi connectivity index (χ1n) is 6.20. The second-order valence-electron chi connectivity index (χ2n) is 4.24. The van der Waals surface area contributed by atoms with Crippen molar-refractivity contribution in [2.45, 2.75) is 26.8 Å². The molecule has 0 aliphatic rings. The molecule has 0 radical (unpaired) electrons. The average molecular weight is 253 g/mol. The first kappa shape index (κ1) is 14.6. The van der Waals surface area contributed by atoms with E-state index in [1.165, 1.54) is 16.7 Å². The summed E-state index contributed by atoms with van der Waals surface area (Å²) in [4.78, 5) is 0. The first-order chi connectivity index (χ1) is 8.25. The number of benzene rings is 1. The van der Waals surface area contributed by atoms with Crippen LogP contribution in [-0.2, 0) is 6.54 Å². The number of nitrogens with one attached hydrogen (secondary N) is 1. The highest BCUT2D eigenvalue weighted by atomic mass is 32.2. The van der Waals surface area contributed by atoms with Gasteiger partial charge in [0.15, 0.2) is 0 Å². The Morgan fingerprint density at radius 3 is 2.53 bits per heavy atom. The van der Waals surface area contributed by atoms with E-state index in [1.54, 1.807) is 0 Å². The number of aliphatic hydroxyl groups excluding tert-OH is 1. The summed E-state index contributed by atoms with van der Waals surface area (Å²) in [5, 5.41) is 12.1. The summed E-state index contributed by atoms with van der Waals surface area (Å²) in [6.07, 6.45) is 0.904. The molecule has 2 N–H and O–H groups in total. The van der Waals surface area contributed by atoms with Crippen molar-refractivity contribution in [2.75, 3.05) is 24.7 Å². The molecular weight excluding hydrogens is 230 g/mol. The molecule has 0 saturated heterocycles. The van der Waals surface area contributed by atoms with E-state index in [9.17, 15) is 0 Å². The molecule has 0 unspecified atom stereocenters. The Labute approximate surface area is 109 Å². The summed E-state index contributed by atoms with van der Waals surface area (Å²) in [6.45, 7) is 6.63. The van der Waals surface area contributed by atoms with Crippen molar-refractivity contribution in [3.05, 3.63) is 34.9 Å². The molecule has 1 aromatic carbocycles. The van der Waals surface area contributed by atoms with E-state index < -0.39 is 0 Å². The fraction of sp³-hybridized carbons (Fsp3) is 0.571. The molecule has 0 atom stereocenters. The molecule has 0 aliphatic heterocycles. The molecule has 0 amide bonds. The number of aliphatic hydroxyl groups is 1. The normalized spacial score (nSPS) is 10.8. The maximum atomic E-state index is 8.65. The third kappa shape index (κ3) is 5.57. The van der Waals surface area contributed by atoms with Crippen molar-refractivity contribution in [1.29, 1.82) is 0 Å². The third-order valence-electron chi connectivity index (χ3n) is 2.82. The van der Waals surface area contributed by atoms with Crippen LogP contribution in [0.25, 0.3) is 0 Å². The summed E-state index contributed by atoms with van der Waals surface area (Å²) in [6, 6.07) is 6.44. The van der Waals surface area contributed by atoms with Crippen molar-refractivity contribution < 1.29 is 5.11 Å². The number of thioether (sulfide) groups is 1. The molecule has 17 heavy (non-hydrogen) atoms. The highest BCUT2D eigenvalue weighted by Gasteiger charge is 2.00. The van der Waals surface area contributed by atoms with Gasteiger partial charge < -0.3 is 10.4 Å². The van der Waals surface area contributed by atoms with Crippen LogP contribution < -0.4 is 5.32 Å². The van der Waals surface area contributed by atoms with Crippen molar-refractivity contribution >= 4 is 11.8 Å². The van der Waals surface area contributed by atoms with E-state index in [1.807, 2.05) is 11.8 Å². The van der Waals surface area contributed by atoms with Gasteiger partial charge in [-0.2, -0.15) is 11.8 Å². The molecule has 1 aromatic rings. The van der Waals surface area contributed by atoms with Crippen LogP contribution in [0.2, 0.25) is 0 Å². The molecule has 0 bridgehead atoms. The summed E-state index contributed by atoms with van der Waals surface area (Å²) in [7, 11) is 0. The van der Waals surface area contributed by atoms with Gasteiger partial charge in [0.2, 0.25) is 0 Å². The molecule has 1 rings (SSSR count). The zero-order valence-electron chi connectivity index (χ0n) is 10.8. The maximum absolute atomic E-state index is 8.65. The van der Waals surface area contributed by atoms with E-state index >= 15 is 0 Å². The summed E-state index contributed by atoms with van der Waals surface area (Å²) >= 11 is 1.90. The minimum atomic E-state index is 0.308. The van der Waals surface area contributed by atoms with Crippen LogP contribution >= 0.6 is 11.8 Å². The lowest BCUT2D eigenvalue weighted by Gasteiger charge is -2.10. The van der Waals surface area contributed by atoms with Crippen LogP contribution in [0.15, 0.2) is 18.2 Å². The Morgan fingerprint density at radius 2 is 1.88 bits per heavy atom. The van der Waals surface area contributed by atoms with Gasteiger partial charge in [0.1, 0.15) is 0 Å². The van der Waals surface area contributed by atoms with Gasteiger partial charge in [-0.1, -0.05) is 18.2 Å². The number of rotatable bonds is 8. The molecule has 2 nitrogen and oxygen atoms in total. The fourth-order valence-corrected chi connectivity index (χ4v) is 2.58. The maximum Gasteiger partial charge on any atom is 0.0438 e. The van der Waals surface area contributed by atoms with Gasteiger partial charge >= 0.3 is 0 Å². The van der Waals surface area contributed by atoms with Crippen molar-refractivity contribution in [1.82, 2.24) is 5.32 Å². The molecule has 96 valence electrons. The molecule has 0 spiro atoms. The largest absolute Gasteiger partial charge is 0.396 e. The molecule has 0 aliphatic carbocycles. The van der Waals surface area contributed by atoms with E-state index in [0.29, 0.717) is 6.61 Å². The van der Waals surface area contributed by atoms with Gasteiger partial charge in [0.25, 0.3) is 0 Å². The average Bonchev–Trinajstić information content (AvgIpc) is 2.31. The van der Waals surface area contributed by atoms with Crippen LogP contribution in [0.5, 0.6) is 0 Å². The second-order valence-corrected chi connectivity index (χ2v) is 5.46. The SMILES string of the molecule is Cc1cccc(C)c1CNCCSCCCO. The predicted molar refractivity (Wildman–Crippen MR) is 76.7 cm³/mol. The monoisotopic (exact) mass is 253 g/mol. The first-order valence-corrected chi connectivity index (χ1v) is 7.35. The highest BCUT2D eigenvalue weighted by molar-refractivity contribution is 7.99. The predicted octanol–water partition coefficient (Wildman–Crippen LogP) is 2.51. The molecule has 0 heterocycles. The van der Waals surface area contributed by atoms with Crippen LogP contribution in [0.3, 0.4) is 0 Å². The summed E-state index contributed by atoms with van der Waals surface area (Å²) in [5.74, 6) is 2.17. The lowest BCUT2D eigenvalue weighted by molar-refractivity contribution is 0.296. The van der Waals surface area contributed by atoms with Crippen LogP contribution in [0.4, 0.5) is 0 Å². The summed E-state index contributed by atoms with van der Waals surface area (Å²) < 4.78 is 0. The van der Waals surface area contributed by atoms with Gasteiger partial charge in [-0.05, 0) is 42.7 Å². The molecule has 3 heteroatoms.